The van der Waals surface area contributed by atoms with E-state index in [9.17, 15) is 18.8 Å². The van der Waals surface area contributed by atoms with E-state index in [-0.39, 0.29) is 12.5 Å². The van der Waals surface area contributed by atoms with Gasteiger partial charge in [0.25, 0.3) is 11.5 Å². The summed E-state index contributed by atoms with van der Waals surface area (Å²) in [5, 5.41) is 0.320. The summed E-state index contributed by atoms with van der Waals surface area (Å²) in [4.78, 5) is 42.2. The van der Waals surface area contributed by atoms with Crippen molar-refractivity contribution >= 4 is 27.5 Å². The number of carbonyl (C=O) groups is 1. The van der Waals surface area contributed by atoms with E-state index >= 15 is 0 Å². The van der Waals surface area contributed by atoms with Gasteiger partial charge in [0.05, 0.1) is 22.5 Å². The van der Waals surface area contributed by atoms with Crippen LogP contribution in [0.4, 0.5) is 4.39 Å². The zero-order chi connectivity index (χ0) is 23.9. The molecule has 2 aromatic heterocycles. The Morgan fingerprint density at radius 3 is 2.36 bits per heavy atom. The lowest BCUT2D eigenvalue weighted by atomic mass is 10.1. The quantitative estimate of drug-likeness (QED) is 0.448. The maximum absolute atomic E-state index is 13.8. The van der Waals surface area contributed by atoms with Crippen molar-refractivity contribution in [2.45, 2.75) is 26.8 Å². The van der Waals surface area contributed by atoms with Crippen LogP contribution in [0.3, 0.4) is 0 Å². The molecule has 0 saturated heterocycles. The largest absolute Gasteiger partial charge is 0.344 e. The highest BCUT2D eigenvalue weighted by Crippen LogP contribution is 2.29. The van der Waals surface area contributed by atoms with Gasteiger partial charge in [-0.2, -0.15) is 0 Å². The van der Waals surface area contributed by atoms with Crippen LogP contribution in [-0.2, 0) is 13.0 Å². The fourth-order valence-electron chi connectivity index (χ4n) is 3.82. The third-order valence-electron chi connectivity index (χ3n) is 5.65. The molecule has 4 rings (SSSR count). The highest BCUT2D eigenvalue weighted by atomic mass is 32.1. The topological polar surface area (TPSA) is 64.3 Å². The monoisotopic (exact) mass is 465 g/mol. The van der Waals surface area contributed by atoms with Gasteiger partial charge in [-0.3, -0.25) is 14.2 Å². The number of aryl methyl sites for hydroxylation is 2. The number of amides is 1. The van der Waals surface area contributed by atoms with Gasteiger partial charge in [0.15, 0.2) is 0 Å². The maximum Gasteiger partial charge on any atom is 0.337 e. The lowest BCUT2D eigenvalue weighted by molar-refractivity contribution is 0.0831. The number of hydrogen-bond acceptors (Lipinski definition) is 4. The van der Waals surface area contributed by atoms with Gasteiger partial charge in [-0.15, -0.1) is 11.3 Å². The molecule has 0 aliphatic carbocycles. The van der Waals surface area contributed by atoms with Crippen LogP contribution in [0.25, 0.3) is 15.9 Å². The second-order valence-corrected chi connectivity index (χ2v) is 9.09. The molecule has 4 aromatic rings. The molecule has 6 nitrogen and oxygen atoms in total. The molecule has 0 radical (unpaired) electrons. The number of fused-ring (bicyclic) bond motifs is 1. The summed E-state index contributed by atoms with van der Waals surface area (Å²) in [5.41, 5.74) is 1.64. The highest BCUT2D eigenvalue weighted by Gasteiger charge is 2.24. The normalized spacial score (nSPS) is 11.2. The summed E-state index contributed by atoms with van der Waals surface area (Å²) in [5.74, 6) is -0.650. The molecular weight excluding hydrogens is 441 g/mol. The maximum atomic E-state index is 13.8. The summed E-state index contributed by atoms with van der Waals surface area (Å²) < 4.78 is 16.4. The molecule has 0 aliphatic rings. The molecule has 0 saturated carbocycles. The summed E-state index contributed by atoms with van der Waals surface area (Å²) in [6.07, 6.45) is 0.831. The van der Waals surface area contributed by atoms with E-state index in [1.165, 1.54) is 21.6 Å². The van der Waals surface area contributed by atoms with Crippen LogP contribution in [0.15, 0.2) is 58.1 Å². The highest BCUT2D eigenvalue weighted by molar-refractivity contribution is 7.20. The second-order valence-electron chi connectivity index (χ2n) is 8.10. The number of aromatic nitrogens is 2. The van der Waals surface area contributed by atoms with E-state index in [4.69, 9.17) is 0 Å². The van der Waals surface area contributed by atoms with Crippen LogP contribution in [0, 0.1) is 12.7 Å². The second kappa shape index (κ2) is 8.78. The minimum atomic E-state index is -0.536. The molecule has 2 heterocycles. The van der Waals surface area contributed by atoms with Crippen molar-refractivity contribution in [1.82, 2.24) is 14.0 Å². The van der Waals surface area contributed by atoms with Crippen molar-refractivity contribution in [1.29, 1.82) is 0 Å². The van der Waals surface area contributed by atoms with Crippen molar-refractivity contribution in [2.24, 2.45) is 0 Å². The van der Waals surface area contributed by atoms with Crippen LogP contribution in [0.2, 0.25) is 0 Å². The zero-order valence-corrected chi connectivity index (χ0v) is 19.7. The fraction of sp³-hybridized carbons (Fsp3) is 0.240. The Kier molecular flexibility index (Phi) is 6.03. The Labute approximate surface area is 194 Å². The first-order chi connectivity index (χ1) is 15.7. The van der Waals surface area contributed by atoms with Crippen molar-refractivity contribution < 1.29 is 9.18 Å². The van der Waals surface area contributed by atoms with Gasteiger partial charge < -0.3 is 4.90 Å². The molecule has 33 heavy (non-hydrogen) atoms. The summed E-state index contributed by atoms with van der Waals surface area (Å²) in [7, 11) is 3.28. The smallest absolute Gasteiger partial charge is 0.337 e. The molecule has 0 fully saturated rings. The van der Waals surface area contributed by atoms with Gasteiger partial charge in [0, 0.05) is 14.1 Å². The van der Waals surface area contributed by atoms with Crippen LogP contribution in [0.5, 0.6) is 0 Å². The number of rotatable bonds is 5. The van der Waals surface area contributed by atoms with Crippen molar-refractivity contribution in [3.8, 4) is 5.69 Å². The SMILES string of the molecule is CCc1ccc(-n2c(=O)c3c(C)c(C(=O)N(C)C)sc3n(Cc3cccc(F)c3)c2=O)cc1. The van der Waals surface area contributed by atoms with Crippen molar-refractivity contribution in [3.63, 3.8) is 0 Å². The minimum Gasteiger partial charge on any atom is -0.344 e. The lowest BCUT2D eigenvalue weighted by Gasteiger charge is -2.13. The first-order valence-electron chi connectivity index (χ1n) is 10.6. The number of hydrogen-bond donors (Lipinski definition) is 0. The Balaban J connectivity index is 2.06. The van der Waals surface area contributed by atoms with E-state index in [1.54, 1.807) is 45.3 Å². The van der Waals surface area contributed by atoms with Crippen LogP contribution < -0.4 is 11.2 Å². The number of carbonyl (C=O) groups excluding carboxylic acids is 1. The van der Waals surface area contributed by atoms with Gasteiger partial charge >= 0.3 is 5.69 Å². The molecule has 2 aromatic carbocycles. The molecule has 0 unspecified atom stereocenters. The summed E-state index contributed by atoms with van der Waals surface area (Å²) >= 11 is 1.11. The number of benzene rings is 2. The fourth-order valence-corrected chi connectivity index (χ4v) is 5.13. The van der Waals surface area contributed by atoms with Crippen molar-refractivity contribution in [2.75, 3.05) is 14.1 Å². The molecule has 0 N–H and O–H groups in total. The predicted octanol–water partition coefficient (Wildman–Crippen LogP) is 3.97. The number of halogens is 1. The molecule has 0 aliphatic heterocycles. The molecule has 0 spiro atoms. The van der Waals surface area contributed by atoms with E-state index in [0.29, 0.717) is 31.9 Å². The van der Waals surface area contributed by atoms with E-state index in [0.717, 1.165) is 27.9 Å². The molecule has 0 bridgehead atoms. The number of nitrogens with zero attached hydrogens (tertiary/aromatic N) is 3. The molecule has 1 amide bonds. The Morgan fingerprint density at radius 2 is 1.76 bits per heavy atom. The van der Waals surface area contributed by atoms with Gasteiger partial charge in [0.2, 0.25) is 0 Å². The Hall–Kier alpha value is -3.52. The lowest BCUT2D eigenvalue weighted by Crippen LogP contribution is -2.39. The first-order valence-corrected chi connectivity index (χ1v) is 11.4. The minimum absolute atomic E-state index is 0.0654. The standard InChI is InChI=1S/C25H24FN3O3S/c1-5-16-9-11-19(12-10-16)29-22(30)20-15(2)21(23(31)27(3)4)33-24(20)28(25(29)32)14-17-7-6-8-18(26)13-17/h6-13H,5,14H2,1-4H3. The third kappa shape index (κ3) is 4.02. The number of thiophene rings is 1. The van der Waals surface area contributed by atoms with Crippen LogP contribution in [0.1, 0.15) is 33.3 Å². The summed E-state index contributed by atoms with van der Waals surface area (Å²) in [6.45, 7) is 3.81. The zero-order valence-electron chi connectivity index (χ0n) is 18.9. The third-order valence-corrected chi connectivity index (χ3v) is 6.95. The Morgan fingerprint density at radius 1 is 1.06 bits per heavy atom. The van der Waals surface area contributed by atoms with E-state index in [2.05, 4.69) is 0 Å². The van der Waals surface area contributed by atoms with Gasteiger partial charge in [-0.05, 0) is 54.3 Å². The first kappa shape index (κ1) is 22.7. The van der Waals surface area contributed by atoms with Crippen molar-refractivity contribution in [3.05, 3.63) is 96.8 Å². The van der Waals surface area contributed by atoms with Gasteiger partial charge in [-0.25, -0.2) is 13.8 Å². The Bertz CT molecular complexity index is 1480. The molecular formula is C25H24FN3O3S. The van der Waals surface area contributed by atoms with Crippen LogP contribution >= 0.6 is 11.3 Å². The summed E-state index contributed by atoms with van der Waals surface area (Å²) in [6, 6.07) is 13.2. The average Bonchev–Trinajstić information content (AvgIpc) is 3.13. The molecule has 170 valence electrons. The predicted molar refractivity (Wildman–Crippen MR) is 129 cm³/mol. The van der Waals surface area contributed by atoms with E-state index < -0.39 is 17.1 Å². The average molecular weight is 466 g/mol. The van der Waals surface area contributed by atoms with E-state index in [1.807, 2.05) is 19.1 Å². The van der Waals surface area contributed by atoms with Gasteiger partial charge in [-0.1, -0.05) is 31.2 Å². The van der Waals surface area contributed by atoms with Gasteiger partial charge in [0.1, 0.15) is 10.6 Å². The molecule has 0 atom stereocenters. The molecule has 8 heteroatoms. The van der Waals surface area contributed by atoms with Crippen LogP contribution in [-0.4, -0.2) is 34.0 Å².